The fraction of sp³-hybridized carbons (Fsp3) is 0.333. The Hall–Kier alpha value is -2.18. The van der Waals surface area contributed by atoms with Crippen LogP contribution in [0.25, 0.3) is 10.9 Å². The van der Waals surface area contributed by atoms with Gasteiger partial charge in [-0.3, -0.25) is 10.6 Å². The van der Waals surface area contributed by atoms with Crippen molar-refractivity contribution in [3.05, 3.63) is 36.0 Å². The third kappa shape index (κ3) is 3.68. The maximum Gasteiger partial charge on any atom is 0.270 e. The molecular formula is C15H20N4O2. The molecule has 0 aliphatic carbocycles. The largest absolute Gasteiger partial charge is 0.377 e. The van der Waals surface area contributed by atoms with E-state index in [1.54, 1.807) is 6.07 Å². The Bertz CT molecular complexity index is 630. The fourth-order valence-electron chi connectivity index (χ4n) is 2.08. The monoisotopic (exact) mass is 288 g/mol. The summed E-state index contributed by atoms with van der Waals surface area (Å²) >= 11 is 0. The van der Waals surface area contributed by atoms with Gasteiger partial charge in [0.2, 0.25) is 0 Å². The molecule has 4 N–H and O–H groups in total. The number of carbonyl (C=O) groups excluding carboxylic acids is 1. The number of fused-ring (bicyclic) bond motifs is 1. The third-order valence-electron chi connectivity index (χ3n) is 3.11. The zero-order valence-corrected chi connectivity index (χ0v) is 12.2. The van der Waals surface area contributed by atoms with Crippen molar-refractivity contribution in [3.63, 3.8) is 0 Å². The van der Waals surface area contributed by atoms with Crippen LogP contribution in [0, 0.1) is 0 Å². The summed E-state index contributed by atoms with van der Waals surface area (Å²) in [5.41, 5.74) is 4.32. The van der Waals surface area contributed by atoms with Gasteiger partial charge in [0.25, 0.3) is 5.91 Å². The number of hydrogen-bond donors (Lipinski definition) is 3. The van der Waals surface area contributed by atoms with Crippen molar-refractivity contribution in [1.82, 2.24) is 10.3 Å². The first-order valence-electron chi connectivity index (χ1n) is 6.92. The maximum atomic E-state index is 12.2. The van der Waals surface area contributed by atoms with Crippen LogP contribution >= 0.6 is 0 Å². The third-order valence-corrected chi connectivity index (χ3v) is 3.11. The number of nitrogens with zero attached hydrogens (tertiary/aromatic N) is 1. The summed E-state index contributed by atoms with van der Waals surface area (Å²) in [6.07, 6.45) is -0.0356. The first-order valence-corrected chi connectivity index (χ1v) is 6.92. The number of amides is 1. The Kier molecular flexibility index (Phi) is 5.08. The van der Waals surface area contributed by atoms with Crippen molar-refractivity contribution in [3.8, 4) is 0 Å². The van der Waals surface area contributed by atoms with E-state index in [0.717, 1.165) is 10.9 Å². The Morgan fingerprint density at radius 2 is 2.19 bits per heavy atom. The summed E-state index contributed by atoms with van der Waals surface area (Å²) in [6, 6.07) is 9.15. The maximum absolute atomic E-state index is 12.2. The molecule has 0 bridgehead atoms. The van der Waals surface area contributed by atoms with Crippen molar-refractivity contribution in [1.29, 1.82) is 0 Å². The molecule has 2 rings (SSSR count). The molecule has 0 aliphatic rings. The number of hydrazine groups is 1. The zero-order chi connectivity index (χ0) is 15.2. The summed E-state index contributed by atoms with van der Waals surface area (Å²) < 4.78 is 5.38. The summed E-state index contributed by atoms with van der Waals surface area (Å²) in [5.74, 6) is 5.27. The van der Waals surface area contributed by atoms with Crippen molar-refractivity contribution in [2.24, 2.45) is 5.84 Å². The van der Waals surface area contributed by atoms with Crippen LogP contribution in [0.4, 0.5) is 5.69 Å². The van der Waals surface area contributed by atoms with E-state index < -0.39 is 0 Å². The van der Waals surface area contributed by atoms with E-state index in [9.17, 15) is 4.79 Å². The molecular weight excluding hydrogens is 268 g/mol. The van der Waals surface area contributed by atoms with Crippen LogP contribution in [-0.4, -0.2) is 30.1 Å². The van der Waals surface area contributed by atoms with Gasteiger partial charge in [-0.05, 0) is 26.0 Å². The number of aromatic nitrogens is 1. The normalized spacial score (nSPS) is 12.1. The quantitative estimate of drug-likeness (QED) is 0.556. The number of ether oxygens (including phenoxy) is 1. The summed E-state index contributed by atoms with van der Waals surface area (Å²) in [7, 11) is 0. The van der Waals surface area contributed by atoms with Crippen LogP contribution in [0.1, 0.15) is 24.3 Å². The molecule has 1 aromatic heterocycles. The topological polar surface area (TPSA) is 89.3 Å². The van der Waals surface area contributed by atoms with Gasteiger partial charge in [-0.1, -0.05) is 18.2 Å². The van der Waals surface area contributed by atoms with E-state index in [0.29, 0.717) is 24.5 Å². The van der Waals surface area contributed by atoms with Gasteiger partial charge < -0.3 is 15.5 Å². The molecule has 112 valence electrons. The summed E-state index contributed by atoms with van der Waals surface area (Å²) in [5, 5.41) is 3.68. The highest BCUT2D eigenvalue weighted by Crippen LogP contribution is 2.22. The second-order valence-corrected chi connectivity index (χ2v) is 4.69. The number of nitrogens with two attached hydrogens (primary N) is 1. The number of nitrogens with one attached hydrogen (secondary N) is 2. The van der Waals surface area contributed by atoms with Crippen molar-refractivity contribution < 1.29 is 9.53 Å². The lowest BCUT2D eigenvalue weighted by Crippen LogP contribution is -2.32. The molecule has 0 saturated heterocycles. The number of nitrogen functional groups attached to an aromatic ring is 1. The molecule has 6 heteroatoms. The van der Waals surface area contributed by atoms with Gasteiger partial charge in [-0.15, -0.1) is 0 Å². The molecule has 6 nitrogen and oxygen atoms in total. The molecule has 1 heterocycles. The minimum atomic E-state index is -0.246. The van der Waals surface area contributed by atoms with Gasteiger partial charge in [0.05, 0.1) is 17.3 Å². The first kappa shape index (κ1) is 15.2. The van der Waals surface area contributed by atoms with Gasteiger partial charge in [-0.2, -0.15) is 0 Å². The Labute approximate surface area is 123 Å². The average Bonchev–Trinajstić information content (AvgIpc) is 2.51. The standard InChI is InChI=1S/C15H20N4O2/c1-3-21-10(2)9-17-15(20)14-8-13(19-16)11-6-4-5-7-12(11)18-14/h4-8,10H,3,9,16H2,1-2H3,(H,17,20)(H,18,19). The molecule has 0 fully saturated rings. The molecule has 21 heavy (non-hydrogen) atoms. The molecule has 0 saturated carbocycles. The van der Waals surface area contributed by atoms with E-state index in [2.05, 4.69) is 15.7 Å². The number of carbonyl (C=O) groups is 1. The van der Waals surface area contributed by atoms with E-state index in [4.69, 9.17) is 10.6 Å². The van der Waals surface area contributed by atoms with Gasteiger partial charge in [-0.25, -0.2) is 4.98 Å². The Balaban J connectivity index is 2.19. The molecule has 1 unspecified atom stereocenters. The fourth-order valence-corrected chi connectivity index (χ4v) is 2.08. The van der Waals surface area contributed by atoms with E-state index >= 15 is 0 Å². The molecule has 0 aliphatic heterocycles. The van der Waals surface area contributed by atoms with Gasteiger partial charge >= 0.3 is 0 Å². The number of anilines is 1. The SMILES string of the molecule is CCOC(C)CNC(=O)c1cc(NN)c2ccccc2n1. The van der Waals surface area contributed by atoms with Crippen LogP contribution in [-0.2, 0) is 4.74 Å². The lowest BCUT2D eigenvalue weighted by Gasteiger charge is -2.13. The summed E-state index contributed by atoms with van der Waals surface area (Å²) in [6.45, 7) is 4.88. The number of pyridine rings is 1. The second kappa shape index (κ2) is 7.01. The minimum Gasteiger partial charge on any atom is -0.377 e. The molecule has 1 amide bonds. The van der Waals surface area contributed by atoms with Crippen LogP contribution < -0.4 is 16.6 Å². The van der Waals surface area contributed by atoms with Crippen molar-refractivity contribution >= 4 is 22.5 Å². The lowest BCUT2D eigenvalue weighted by molar-refractivity contribution is 0.0693. The molecule has 2 aromatic rings. The second-order valence-electron chi connectivity index (χ2n) is 4.69. The van der Waals surface area contributed by atoms with Gasteiger partial charge in [0.15, 0.2) is 0 Å². The van der Waals surface area contributed by atoms with Crippen LogP contribution in [0.3, 0.4) is 0 Å². The number of para-hydroxylation sites is 1. The van der Waals surface area contributed by atoms with Crippen molar-refractivity contribution in [2.45, 2.75) is 20.0 Å². The minimum absolute atomic E-state index is 0.0356. The Morgan fingerprint density at radius 1 is 1.43 bits per heavy atom. The van der Waals surface area contributed by atoms with E-state index in [-0.39, 0.29) is 12.0 Å². The molecule has 0 radical (unpaired) electrons. The average molecular weight is 288 g/mol. The van der Waals surface area contributed by atoms with Crippen LogP contribution in [0.15, 0.2) is 30.3 Å². The van der Waals surface area contributed by atoms with Crippen LogP contribution in [0.2, 0.25) is 0 Å². The van der Waals surface area contributed by atoms with Crippen LogP contribution in [0.5, 0.6) is 0 Å². The molecule has 0 spiro atoms. The number of benzene rings is 1. The van der Waals surface area contributed by atoms with Crippen molar-refractivity contribution in [2.75, 3.05) is 18.6 Å². The highest BCUT2D eigenvalue weighted by atomic mass is 16.5. The van der Waals surface area contributed by atoms with Gasteiger partial charge in [0.1, 0.15) is 5.69 Å². The number of hydrogen-bond acceptors (Lipinski definition) is 5. The Morgan fingerprint density at radius 3 is 2.90 bits per heavy atom. The lowest BCUT2D eigenvalue weighted by atomic mass is 10.1. The van der Waals surface area contributed by atoms with E-state index in [1.807, 2.05) is 38.1 Å². The smallest absolute Gasteiger partial charge is 0.270 e. The predicted molar refractivity (Wildman–Crippen MR) is 83.0 cm³/mol. The predicted octanol–water partition coefficient (Wildman–Crippen LogP) is 1.68. The highest BCUT2D eigenvalue weighted by molar-refractivity contribution is 5.99. The molecule has 1 aromatic carbocycles. The molecule has 1 atom stereocenters. The highest BCUT2D eigenvalue weighted by Gasteiger charge is 2.12. The first-order chi connectivity index (χ1) is 10.2. The van der Waals surface area contributed by atoms with Gasteiger partial charge in [0, 0.05) is 18.5 Å². The van der Waals surface area contributed by atoms with E-state index in [1.165, 1.54) is 0 Å². The number of rotatable bonds is 6. The zero-order valence-electron chi connectivity index (χ0n) is 12.2. The summed E-state index contributed by atoms with van der Waals surface area (Å²) in [4.78, 5) is 16.5.